The number of anilines is 1. The summed E-state index contributed by atoms with van der Waals surface area (Å²) in [6, 6.07) is 8.97. The topological polar surface area (TPSA) is 116 Å². The third kappa shape index (κ3) is 2.67. The first-order chi connectivity index (χ1) is 11.1. The smallest absolute Gasteiger partial charge is 0.275 e. The van der Waals surface area contributed by atoms with Crippen LogP contribution in [0.25, 0.3) is 10.8 Å². The first-order valence-electron chi connectivity index (χ1n) is 6.80. The monoisotopic (exact) mass is 308 g/mol. The number of carbonyl (C=O) groups excluding carboxylic acids is 1. The van der Waals surface area contributed by atoms with Gasteiger partial charge >= 0.3 is 0 Å². The Kier molecular flexibility index (Phi) is 3.60. The van der Waals surface area contributed by atoms with E-state index in [1.54, 1.807) is 19.1 Å². The van der Waals surface area contributed by atoms with Gasteiger partial charge in [0.15, 0.2) is 11.5 Å². The predicted octanol–water partition coefficient (Wildman–Crippen LogP) is 0.938. The van der Waals surface area contributed by atoms with Crippen LogP contribution >= 0.6 is 0 Å². The van der Waals surface area contributed by atoms with E-state index in [1.165, 1.54) is 6.33 Å². The third-order valence-electron chi connectivity index (χ3n) is 3.35. The summed E-state index contributed by atoms with van der Waals surface area (Å²) in [5.74, 6) is -0.360. The Labute approximate surface area is 130 Å². The summed E-state index contributed by atoms with van der Waals surface area (Å²) in [5, 5.41) is 16.8. The molecule has 0 bridgehead atoms. The van der Waals surface area contributed by atoms with Crippen molar-refractivity contribution in [2.24, 2.45) is 0 Å². The van der Waals surface area contributed by atoms with Gasteiger partial charge < -0.3 is 10.3 Å². The predicted molar refractivity (Wildman–Crippen MR) is 82.7 cm³/mol. The molecule has 0 aliphatic carbocycles. The summed E-state index contributed by atoms with van der Waals surface area (Å²) in [6.45, 7) is 1.51. The second-order valence-electron chi connectivity index (χ2n) is 4.88. The minimum absolute atomic E-state index is 0.128. The highest BCUT2D eigenvalue weighted by molar-refractivity contribution is 5.91. The van der Waals surface area contributed by atoms with E-state index >= 15 is 0 Å². The van der Waals surface area contributed by atoms with Crippen molar-refractivity contribution < 1.29 is 4.79 Å². The van der Waals surface area contributed by atoms with Gasteiger partial charge in [0, 0.05) is 5.39 Å². The Hall–Kier alpha value is -3.47. The highest BCUT2D eigenvalue weighted by Crippen LogP contribution is 2.12. The number of nitrogens with one attached hydrogen (secondary N) is 2. The molecule has 0 aliphatic heterocycles. The Morgan fingerprint density at radius 3 is 2.87 bits per heavy atom. The lowest BCUT2D eigenvalue weighted by atomic mass is 10.1. The van der Waals surface area contributed by atoms with Gasteiger partial charge in [0.2, 0.25) is 5.91 Å². The Morgan fingerprint density at radius 2 is 2.13 bits per heavy atom. The van der Waals surface area contributed by atoms with E-state index in [0.717, 1.165) is 10.1 Å². The van der Waals surface area contributed by atoms with Crippen molar-refractivity contribution in [3.8, 4) is 6.07 Å². The number of nitrogens with zero attached hydrogens (tertiary/aromatic N) is 4. The van der Waals surface area contributed by atoms with Crippen LogP contribution in [0.4, 0.5) is 5.82 Å². The van der Waals surface area contributed by atoms with Gasteiger partial charge in [-0.15, -0.1) is 0 Å². The molecule has 3 aromatic rings. The van der Waals surface area contributed by atoms with Crippen LogP contribution in [0.1, 0.15) is 11.4 Å². The number of benzene rings is 1. The van der Waals surface area contributed by atoms with E-state index in [-0.39, 0.29) is 23.6 Å². The molecule has 23 heavy (non-hydrogen) atoms. The zero-order valence-electron chi connectivity index (χ0n) is 12.2. The lowest BCUT2D eigenvalue weighted by Gasteiger charge is -2.08. The number of amides is 1. The van der Waals surface area contributed by atoms with Crippen molar-refractivity contribution in [1.29, 1.82) is 5.26 Å². The van der Waals surface area contributed by atoms with E-state index in [1.807, 2.05) is 18.2 Å². The van der Waals surface area contributed by atoms with Crippen LogP contribution in [0.15, 0.2) is 35.4 Å². The summed E-state index contributed by atoms with van der Waals surface area (Å²) in [4.78, 5) is 30.9. The van der Waals surface area contributed by atoms with Crippen LogP contribution in [0.2, 0.25) is 0 Å². The second-order valence-corrected chi connectivity index (χ2v) is 4.88. The lowest BCUT2D eigenvalue weighted by molar-refractivity contribution is -0.117. The highest BCUT2D eigenvalue weighted by Gasteiger charge is 2.13. The summed E-state index contributed by atoms with van der Waals surface area (Å²) in [5.41, 5.74) is 0.461. The number of H-pyrrole nitrogens is 1. The van der Waals surface area contributed by atoms with Gasteiger partial charge in [0.1, 0.15) is 12.6 Å². The molecule has 2 N–H and O–H groups in total. The molecular weight excluding hydrogens is 296 g/mol. The van der Waals surface area contributed by atoms with Crippen molar-refractivity contribution >= 4 is 22.5 Å². The number of nitriles is 1. The maximum absolute atomic E-state index is 12.4. The van der Waals surface area contributed by atoms with Crippen LogP contribution in [0, 0.1) is 18.3 Å². The van der Waals surface area contributed by atoms with Crippen LogP contribution in [-0.4, -0.2) is 25.7 Å². The maximum Gasteiger partial charge on any atom is 0.275 e. The van der Waals surface area contributed by atoms with Gasteiger partial charge in [0.25, 0.3) is 5.56 Å². The zero-order valence-corrected chi connectivity index (χ0v) is 12.2. The standard InChI is InChI=1S/C15H12N6O2/c1-9-10-4-2-3-5-11(10)15(23)21(20-9)7-13(22)19-14-12(6-16)17-8-18-14/h2-5,8H,7H2,1H3,(H,17,18)(H,19,22). The zero-order chi connectivity index (χ0) is 16.4. The van der Waals surface area contributed by atoms with E-state index < -0.39 is 5.91 Å². The summed E-state index contributed by atoms with van der Waals surface area (Å²) >= 11 is 0. The number of imidazole rings is 1. The normalized spacial score (nSPS) is 10.4. The number of hydrogen-bond acceptors (Lipinski definition) is 5. The molecule has 114 valence electrons. The van der Waals surface area contributed by atoms with Crippen molar-refractivity contribution in [1.82, 2.24) is 19.7 Å². The van der Waals surface area contributed by atoms with Gasteiger partial charge in [-0.25, -0.2) is 9.67 Å². The fraction of sp³-hybridized carbons (Fsp3) is 0.133. The molecule has 8 heteroatoms. The van der Waals surface area contributed by atoms with Crippen LogP contribution in [0.3, 0.4) is 0 Å². The second kappa shape index (κ2) is 5.73. The SMILES string of the molecule is Cc1nn(CC(=O)Nc2nc[nH]c2C#N)c(=O)c2ccccc12. The highest BCUT2D eigenvalue weighted by atomic mass is 16.2. The Balaban J connectivity index is 1.90. The summed E-state index contributed by atoms with van der Waals surface area (Å²) in [7, 11) is 0. The van der Waals surface area contributed by atoms with Crippen molar-refractivity contribution in [3.63, 3.8) is 0 Å². The number of rotatable bonds is 3. The molecule has 3 rings (SSSR count). The van der Waals surface area contributed by atoms with Crippen LogP contribution in [-0.2, 0) is 11.3 Å². The van der Waals surface area contributed by atoms with Gasteiger partial charge in [-0.2, -0.15) is 10.4 Å². The number of aryl methyl sites for hydroxylation is 1. The number of fused-ring (bicyclic) bond motifs is 1. The summed E-state index contributed by atoms with van der Waals surface area (Å²) in [6.07, 6.45) is 1.30. The molecule has 1 aromatic carbocycles. The van der Waals surface area contributed by atoms with Gasteiger partial charge in [-0.3, -0.25) is 9.59 Å². The molecule has 0 radical (unpaired) electrons. The number of hydrogen-bond donors (Lipinski definition) is 2. The van der Waals surface area contributed by atoms with E-state index in [0.29, 0.717) is 11.1 Å². The Bertz CT molecular complexity index is 995. The van der Waals surface area contributed by atoms with E-state index in [9.17, 15) is 9.59 Å². The molecule has 0 aliphatic rings. The fourth-order valence-electron chi connectivity index (χ4n) is 2.29. The fourth-order valence-corrected chi connectivity index (χ4v) is 2.29. The number of carbonyl (C=O) groups is 1. The van der Waals surface area contributed by atoms with Gasteiger partial charge in [-0.1, -0.05) is 18.2 Å². The third-order valence-corrected chi connectivity index (χ3v) is 3.35. The number of aromatic nitrogens is 4. The molecule has 0 atom stereocenters. The molecule has 0 spiro atoms. The van der Waals surface area contributed by atoms with E-state index in [2.05, 4.69) is 20.4 Å². The van der Waals surface area contributed by atoms with Gasteiger partial charge in [-0.05, 0) is 13.0 Å². The van der Waals surface area contributed by atoms with Crippen molar-refractivity contribution in [2.75, 3.05) is 5.32 Å². The Morgan fingerprint density at radius 1 is 1.39 bits per heavy atom. The van der Waals surface area contributed by atoms with Crippen LogP contribution in [0.5, 0.6) is 0 Å². The molecule has 8 nitrogen and oxygen atoms in total. The minimum Gasteiger partial charge on any atom is -0.335 e. The molecule has 0 fully saturated rings. The molecule has 0 unspecified atom stereocenters. The van der Waals surface area contributed by atoms with E-state index in [4.69, 9.17) is 5.26 Å². The first kappa shape index (κ1) is 14.5. The average molecular weight is 308 g/mol. The molecule has 2 aromatic heterocycles. The molecule has 0 saturated carbocycles. The number of aromatic amines is 1. The summed E-state index contributed by atoms with van der Waals surface area (Å²) < 4.78 is 1.10. The quantitative estimate of drug-likeness (QED) is 0.746. The van der Waals surface area contributed by atoms with Crippen LogP contribution < -0.4 is 10.9 Å². The molecule has 1 amide bonds. The van der Waals surface area contributed by atoms with Crippen molar-refractivity contribution in [2.45, 2.75) is 13.5 Å². The average Bonchev–Trinajstić information content (AvgIpc) is 2.99. The lowest BCUT2D eigenvalue weighted by Crippen LogP contribution is -2.30. The maximum atomic E-state index is 12.4. The molecule has 0 saturated heterocycles. The first-order valence-corrected chi connectivity index (χ1v) is 6.80. The van der Waals surface area contributed by atoms with Gasteiger partial charge in [0.05, 0.1) is 17.4 Å². The molecule has 2 heterocycles. The minimum atomic E-state index is -0.488. The van der Waals surface area contributed by atoms with Crippen molar-refractivity contribution in [3.05, 3.63) is 52.3 Å². The largest absolute Gasteiger partial charge is 0.335 e. The molecular formula is C15H12N6O2.